The Kier molecular flexibility index (Phi) is 6.01. The number of phenols is 1. The molecule has 1 fully saturated rings. The van der Waals surface area contributed by atoms with Gasteiger partial charge in [0, 0.05) is 0 Å². The van der Waals surface area contributed by atoms with Gasteiger partial charge in [0.1, 0.15) is 0 Å². The van der Waals surface area contributed by atoms with E-state index in [-0.39, 0.29) is 26.6 Å². The quantitative estimate of drug-likeness (QED) is 0.515. The van der Waals surface area contributed by atoms with Crippen LogP contribution in [0.25, 0.3) is 0 Å². The van der Waals surface area contributed by atoms with Crippen LogP contribution < -0.4 is 23.6 Å². The number of carbonyl (C=O) groups excluding carboxylic acids is 1. The van der Waals surface area contributed by atoms with Crippen LogP contribution >= 0.6 is 0 Å². The molecule has 1 aliphatic rings. The van der Waals surface area contributed by atoms with Crippen LogP contribution in [0.4, 0.5) is 10.1 Å². The van der Waals surface area contributed by atoms with E-state index in [4.69, 9.17) is 14.2 Å². The van der Waals surface area contributed by atoms with Crippen molar-refractivity contribution in [2.45, 2.75) is 11.9 Å². The number of methoxy groups -OCH3 is 3. The molecule has 1 N–H and O–H groups in total. The summed E-state index contributed by atoms with van der Waals surface area (Å²) in [6.07, 6.45) is 0. The topological polar surface area (TPSA) is 68.2 Å². The number of ether oxygens (including phenoxy) is 3. The summed E-state index contributed by atoms with van der Waals surface area (Å²) >= 11 is 0.0932. The summed E-state index contributed by atoms with van der Waals surface area (Å²) in [5.74, 6) is 2.37. The molecule has 6 nitrogen and oxygen atoms in total. The Morgan fingerprint density at radius 2 is 1.82 bits per heavy atom. The SMILES string of the molecule is COc1ccc([C@H]2[C@H](CF)C(=O)N2c2cc(OC)c(OC)c([Se]C)c2)cc1O. The Balaban J connectivity index is 2.07. The molecule has 1 saturated heterocycles. The van der Waals surface area contributed by atoms with Crippen molar-refractivity contribution in [3.63, 3.8) is 0 Å². The van der Waals surface area contributed by atoms with Crippen LogP contribution in [-0.2, 0) is 4.79 Å². The Morgan fingerprint density at radius 3 is 2.36 bits per heavy atom. The molecule has 0 bridgehead atoms. The fourth-order valence-corrected chi connectivity index (χ4v) is 4.74. The third-order valence-corrected chi connectivity index (χ3v) is 6.41. The zero-order valence-electron chi connectivity index (χ0n) is 16.1. The number of phenolic OH excluding ortho intramolecular Hbond substituents is 1. The summed E-state index contributed by atoms with van der Waals surface area (Å²) in [4.78, 5) is 14.2. The van der Waals surface area contributed by atoms with Gasteiger partial charge in [-0.3, -0.25) is 0 Å². The molecule has 0 aromatic heterocycles. The van der Waals surface area contributed by atoms with Crippen molar-refractivity contribution in [3.05, 3.63) is 35.9 Å². The van der Waals surface area contributed by atoms with Crippen molar-refractivity contribution in [3.8, 4) is 23.0 Å². The fraction of sp³-hybridized carbons (Fsp3) is 0.350. The summed E-state index contributed by atoms with van der Waals surface area (Å²) in [6, 6.07) is 7.93. The molecule has 0 radical (unpaired) electrons. The van der Waals surface area contributed by atoms with Gasteiger partial charge in [0.25, 0.3) is 0 Å². The molecule has 1 amide bonds. The zero-order chi connectivity index (χ0) is 20.4. The number of nitrogens with zero attached hydrogens (tertiary/aromatic N) is 1. The van der Waals surface area contributed by atoms with Crippen LogP contribution in [0.1, 0.15) is 11.6 Å². The van der Waals surface area contributed by atoms with Crippen molar-refractivity contribution >= 4 is 31.0 Å². The molecule has 2 aromatic carbocycles. The van der Waals surface area contributed by atoms with E-state index in [2.05, 4.69) is 0 Å². The van der Waals surface area contributed by atoms with Crippen molar-refractivity contribution < 1.29 is 28.5 Å². The molecule has 1 aliphatic heterocycles. The number of hydrogen-bond acceptors (Lipinski definition) is 5. The van der Waals surface area contributed by atoms with Gasteiger partial charge in [0.2, 0.25) is 0 Å². The summed E-state index contributed by atoms with van der Waals surface area (Å²) in [5, 5.41) is 10.1. The van der Waals surface area contributed by atoms with E-state index in [0.29, 0.717) is 28.5 Å². The molecule has 150 valence electrons. The van der Waals surface area contributed by atoms with Crippen LogP contribution in [0, 0.1) is 5.92 Å². The van der Waals surface area contributed by atoms with Gasteiger partial charge in [0.15, 0.2) is 0 Å². The van der Waals surface area contributed by atoms with Crippen LogP contribution in [0.3, 0.4) is 0 Å². The van der Waals surface area contributed by atoms with Gasteiger partial charge in [0.05, 0.1) is 0 Å². The van der Waals surface area contributed by atoms with Gasteiger partial charge in [-0.1, -0.05) is 0 Å². The Bertz CT molecular complexity index is 866. The maximum absolute atomic E-state index is 13.6. The first-order chi connectivity index (χ1) is 13.5. The first kappa shape index (κ1) is 20.3. The number of alkyl halides is 1. The van der Waals surface area contributed by atoms with Crippen LogP contribution in [0.15, 0.2) is 30.3 Å². The van der Waals surface area contributed by atoms with Gasteiger partial charge < -0.3 is 0 Å². The first-order valence-electron chi connectivity index (χ1n) is 8.56. The predicted octanol–water partition coefficient (Wildman–Crippen LogP) is 2.47. The normalized spacial score (nSPS) is 18.6. The Morgan fingerprint density at radius 1 is 1.11 bits per heavy atom. The molecule has 2 aromatic rings. The van der Waals surface area contributed by atoms with Gasteiger partial charge in [-0.2, -0.15) is 0 Å². The van der Waals surface area contributed by atoms with Crippen molar-refractivity contribution in [2.75, 3.05) is 32.9 Å². The second-order valence-electron chi connectivity index (χ2n) is 6.23. The van der Waals surface area contributed by atoms with E-state index >= 15 is 0 Å². The van der Waals surface area contributed by atoms with Gasteiger partial charge in [-0.15, -0.1) is 0 Å². The van der Waals surface area contributed by atoms with Crippen molar-refractivity contribution in [2.24, 2.45) is 5.92 Å². The summed E-state index contributed by atoms with van der Waals surface area (Å²) < 4.78 is 30.5. The molecular formula is C20H22FNO5Se. The number of amides is 1. The van der Waals surface area contributed by atoms with Gasteiger partial charge in [-0.05, 0) is 0 Å². The first-order valence-corrected chi connectivity index (χ1v) is 11.1. The van der Waals surface area contributed by atoms with Gasteiger partial charge >= 0.3 is 169 Å². The molecule has 2 atom stereocenters. The maximum atomic E-state index is 13.6. The number of aromatic hydroxyl groups is 1. The predicted molar refractivity (Wildman–Crippen MR) is 105 cm³/mol. The number of halogens is 1. The van der Waals surface area contributed by atoms with Crippen LogP contribution in [0.5, 0.6) is 23.0 Å². The molecule has 1 heterocycles. The molecule has 0 spiro atoms. The summed E-state index contributed by atoms with van der Waals surface area (Å²) in [7, 11) is 4.56. The number of rotatable bonds is 7. The van der Waals surface area contributed by atoms with E-state index in [1.165, 1.54) is 20.3 Å². The van der Waals surface area contributed by atoms with E-state index in [1.807, 2.05) is 11.9 Å². The molecule has 28 heavy (non-hydrogen) atoms. The minimum atomic E-state index is -0.795. The molecule has 0 unspecified atom stereocenters. The third kappa shape index (κ3) is 3.27. The Labute approximate surface area is 169 Å². The average Bonchev–Trinajstić information content (AvgIpc) is 2.71. The number of hydrogen-bond donors (Lipinski definition) is 1. The number of benzene rings is 2. The van der Waals surface area contributed by atoms with E-state index in [1.54, 1.807) is 30.2 Å². The fourth-order valence-electron chi connectivity index (χ4n) is 3.47. The zero-order valence-corrected chi connectivity index (χ0v) is 17.8. The van der Waals surface area contributed by atoms with Crippen molar-refractivity contribution in [1.29, 1.82) is 0 Å². The number of β-lactam (4-membered cyclic amide) rings is 1. The number of anilines is 1. The van der Waals surface area contributed by atoms with Crippen molar-refractivity contribution in [1.82, 2.24) is 0 Å². The molecule has 0 aliphatic carbocycles. The van der Waals surface area contributed by atoms with E-state index in [0.717, 1.165) is 4.46 Å². The van der Waals surface area contributed by atoms with E-state index in [9.17, 15) is 14.3 Å². The minimum absolute atomic E-state index is 0.0539. The average molecular weight is 454 g/mol. The molecule has 8 heteroatoms. The Hall–Kier alpha value is -2.44. The molecule has 0 saturated carbocycles. The molecular weight excluding hydrogens is 432 g/mol. The van der Waals surface area contributed by atoms with E-state index < -0.39 is 18.6 Å². The summed E-state index contributed by atoms with van der Waals surface area (Å²) in [6.45, 7) is -0.773. The summed E-state index contributed by atoms with van der Waals surface area (Å²) in [5.41, 5.74) is 1.25. The van der Waals surface area contributed by atoms with Crippen LogP contribution in [-0.4, -0.2) is 54.0 Å². The standard InChI is InChI=1S/C20H22FNO5Se/c1-25-15-6-5-11(7-14(15)23)18-13(10-21)20(24)22(18)12-8-16(26-2)19(27-3)17(9-12)28-4/h5-9,13,18,23H,10H2,1-4H3/t13-,18-/m0/s1. The monoisotopic (exact) mass is 455 g/mol. The molecule has 3 rings (SSSR count). The third-order valence-electron chi connectivity index (χ3n) is 4.85. The second-order valence-corrected chi connectivity index (χ2v) is 8.01. The van der Waals surface area contributed by atoms with Crippen LogP contribution in [0.2, 0.25) is 5.82 Å². The number of carbonyl (C=O) groups is 1. The van der Waals surface area contributed by atoms with Gasteiger partial charge in [-0.25, -0.2) is 0 Å². The second kappa shape index (κ2) is 8.29.